The van der Waals surface area contributed by atoms with E-state index in [4.69, 9.17) is 9.47 Å². The molecule has 0 bridgehead atoms. The van der Waals surface area contributed by atoms with Crippen molar-refractivity contribution in [2.45, 2.75) is 92.5 Å². The lowest BCUT2D eigenvalue weighted by molar-refractivity contribution is -0.141. The van der Waals surface area contributed by atoms with Crippen molar-refractivity contribution in [3.05, 3.63) is 55.5 Å². The molecule has 242 valence electrons. The number of aromatic amines is 2. The lowest BCUT2D eigenvalue weighted by Gasteiger charge is -2.17. The molecule has 0 unspecified atom stereocenters. The smallest absolute Gasteiger partial charge is 0.305 e. The van der Waals surface area contributed by atoms with Crippen molar-refractivity contribution in [1.29, 1.82) is 0 Å². The Morgan fingerprint density at radius 1 is 0.889 bits per heavy atom. The Kier molecular flexibility index (Phi) is 10.7. The lowest BCUT2D eigenvalue weighted by atomic mass is 9.88. The standard InChI is InChI=1S/C35H46N4O6/c1-9-22-21(6)34(42)39-29(22)16-27-20(5)25(12-14-33(41)45-8)31(37-27)17-30-24(11-13-32(40)44-7)19(4)26(36-30)15-28-18(3)23(10-2)35(43)38-28/h16-18,23,28,36-37H,9-15H2,1-8H3,(H,38,43)/b27-16+,31-17-/t18-,23-,28-/m1/s1. The predicted molar refractivity (Wildman–Crippen MR) is 173 cm³/mol. The number of methoxy groups -OCH3 is 2. The Bertz CT molecular complexity index is 1690. The minimum Gasteiger partial charge on any atom is -0.469 e. The minimum absolute atomic E-state index is 0.00403. The zero-order chi connectivity index (χ0) is 33.0. The maximum atomic E-state index is 12.6. The topological polar surface area (TPSA) is 143 Å². The Balaban J connectivity index is 1.84. The summed E-state index contributed by atoms with van der Waals surface area (Å²) < 4.78 is 9.86. The fraction of sp³-hybridized carbons (Fsp3) is 0.514. The summed E-state index contributed by atoms with van der Waals surface area (Å²) in [5.41, 5.74) is 8.02. The normalized spacial score (nSPS) is 20.7. The minimum atomic E-state index is -0.306. The van der Waals surface area contributed by atoms with Gasteiger partial charge in [-0.1, -0.05) is 20.8 Å². The third-order valence-corrected chi connectivity index (χ3v) is 9.61. The number of hydrogen-bond donors (Lipinski definition) is 3. The van der Waals surface area contributed by atoms with E-state index in [-0.39, 0.29) is 54.5 Å². The third kappa shape index (κ3) is 7.05. The maximum Gasteiger partial charge on any atom is 0.305 e. The highest BCUT2D eigenvalue weighted by atomic mass is 16.5. The van der Waals surface area contributed by atoms with E-state index in [1.54, 1.807) is 6.92 Å². The van der Waals surface area contributed by atoms with Crippen LogP contribution < -0.4 is 16.0 Å². The molecule has 0 aliphatic carbocycles. The molecule has 0 radical (unpaired) electrons. The number of rotatable bonds is 12. The molecule has 2 aliphatic heterocycles. The van der Waals surface area contributed by atoms with Crippen molar-refractivity contribution in [2.24, 2.45) is 16.8 Å². The van der Waals surface area contributed by atoms with Crippen molar-refractivity contribution >= 4 is 41.6 Å². The second kappa shape index (κ2) is 14.3. The second-order valence-electron chi connectivity index (χ2n) is 12.1. The van der Waals surface area contributed by atoms with Crippen molar-refractivity contribution in [3.63, 3.8) is 0 Å². The third-order valence-electron chi connectivity index (χ3n) is 9.61. The largest absolute Gasteiger partial charge is 0.469 e. The number of aromatic nitrogens is 2. The highest BCUT2D eigenvalue weighted by Gasteiger charge is 2.38. The summed E-state index contributed by atoms with van der Waals surface area (Å²) in [5, 5.41) is 4.80. The van der Waals surface area contributed by atoms with Gasteiger partial charge in [-0.2, -0.15) is 0 Å². The molecule has 4 heterocycles. The molecule has 10 nitrogen and oxygen atoms in total. The summed E-state index contributed by atoms with van der Waals surface area (Å²) in [7, 11) is 2.76. The molecule has 0 aromatic carbocycles. The van der Waals surface area contributed by atoms with Gasteiger partial charge >= 0.3 is 11.9 Å². The fourth-order valence-corrected chi connectivity index (χ4v) is 6.68. The molecule has 2 aliphatic rings. The van der Waals surface area contributed by atoms with Crippen molar-refractivity contribution < 1.29 is 28.7 Å². The average molecular weight is 619 g/mol. The number of carbonyl (C=O) groups excluding carboxylic acids is 4. The molecule has 2 amide bonds. The van der Waals surface area contributed by atoms with Crippen molar-refractivity contribution in [3.8, 4) is 0 Å². The van der Waals surface area contributed by atoms with Crippen LogP contribution in [-0.4, -0.2) is 59.7 Å². The van der Waals surface area contributed by atoms with Crippen LogP contribution in [0.1, 0.15) is 87.0 Å². The summed E-state index contributed by atoms with van der Waals surface area (Å²) in [6.07, 6.45) is 7.41. The lowest BCUT2D eigenvalue weighted by Crippen LogP contribution is -2.30. The van der Waals surface area contributed by atoms with E-state index in [1.165, 1.54) is 14.2 Å². The molecule has 10 heteroatoms. The van der Waals surface area contributed by atoms with Gasteiger partial charge in [0.25, 0.3) is 5.91 Å². The number of nitrogens with one attached hydrogen (secondary N) is 3. The van der Waals surface area contributed by atoms with E-state index >= 15 is 0 Å². The average Bonchev–Trinajstić information content (AvgIpc) is 3.66. The van der Waals surface area contributed by atoms with E-state index in [0.29, 0.717) is 37.0 Å². The zero-order valence-corrected chi connectivity index (χ0v) is 27.7. The van der Waals surface area contributed by atoms with Crippen molar-refractivity contribution in [1.82, 2.24) is 15.3 Å². The van der Waals surface area contributed by atoms with E-state index < -0.39 is 0 Å². The molecule has 1 saturated heterocycles. The molecular weight excluding hydrogens is 572 g/mol. The van der Waals surface area contributed by atoms with E-state index in [0.717, 1.165) is 56.3 Å². The molecule has 3 atom stereocenters. The zero-order valence-electron chi connectivity index (χ0n) is 27.7. The van der Waals surface area contributed by atoms with Crippen molar-refractivity contribution in [2.75, 3.05) is 14.2 Å². The molecule has 4 rings (SSSR count). The highest BCUT2D eigenvalue weighted by molar-refractivity contribution is 6.30. The van der Waals surface area contributed by atoms with Gasteiger partial charge in [-0.15, -0.1) is 0 Å². The Morgan fingerprint density at radius 3 is 2.11 bits per heavy atom. The second-order valence-corrected chi connectivity index (χ2v) is 12.1. The number of hydrogen-bond acceptors (Lipinski definition) is 6. The first-order chi connectivity index (χ1) is 21.4. The van der Waals surface area contributed by atoms with Gasteiger partial charge < -0.3 is 24.8 Å². The highest BCUT2D eigenvalue weighted by Crippen LogP contribution is 2.30. The van der Waals surface area contributed by atoms with Gasteiger partial charge in [0.15, 0.2) is 0 Å². The van der Waals surface area contributed by atoms with Crippen LogP contribution in [0, 0.1) is 25.7 Å². The van der Waals surface area contributed by atoms with Gasteiger partial charge in [-0.05, 0) is 92.4 Å². The number of aliphatic imine (C=N–C) groups is 1. The first-order valence-electron chi connectivity index (χ1n) is 15.8. The number of esters is 2. The number of nitrogens with zero attached hydrogens (tertiary/aromatic N) is 1. The summed E-state index contributed by atoms with van der Waals surface area (Å²) >= 11 is 0. The fourth-order valence-electron chi connectivity index (χ4n) is 6.68. The van der Waals surface area contributed by atoms with Gasteiger partial charge in [-0.25, -0.2) is 4.99 Å². The van der Waals surface area contributed by atoms with Gasteiger partial charge in [0, 0.05) is 58.9 Å². The Labute approximate surface area is 264 Å². The van der Waals surface area contributed by atoms with Crippen LogP contribution in [0.4, 0.5) is 0 Å². The Hall–Kier alpha value is -4.21. The summed E-state index contributed by atoms with van der Waals surface area (Å²) in [6.45, 7) is 12.0. The SMILES string of the molecule is CCC1=C(C)C(=O)N=C1/C=c1/[nH]/c(=C\c2[nH]c(C[C@H]3NC(=O)[C@H](CC)[C@H]3C)c(C)c2CCC(=O)OC)c(CCC(=O)OC)c1C. The predicted octanol–water partition coefficient (Wildman–Crippen LogP) is 3.19. The Morgan fingerprint density at radius 2 is 1.53 bits per heavy atom. The number of ether oxygens (including phenoxy) is 2. The first kappa shape index (κ1) is 33.7. The number of allylic oxidation sites excluding steroid dienone is 1. The van der Waals surface area contributed by atoms with Crippen LogP contribution in [0.3, 0.4) is 0 Å². The van der Waals surface area contributed by atoms with Crippen LogP contribution in [0.2, 0.25) is 0 Å². The van der Waals surface area contributed by atoms with Crippen LogP contribution in [0.5, 0.6) is 0 Å². The van der Waals surface area contributed by atoms with Crippen LogP contribution >= 0.6 is 0 Å². The molecule has 0 saturated carbocycles. The maximum absolute atomic E-state index is 12.6. The molecule has 2 aromatic rings. The molecule has 1 fully saturated rings. The molecule has 45 heavy (non-hydrogen) atoms. The number of H-pyrrole nitrogens is 2. The van der Waals surface area contributed by atoms with Gasteiger partial charge in [0.1, 0.15) is 0 Å². The first-order valence-corrected chi connectivity index (χ1v) is 15.8. The van der Waals surface area contributed by atoms with Gasteiger partial charge in [0.2, 0.25) is 5.91 Å². The van der Waals surface area contributed by atoms with E-state index in [2.05, 4.69) is 27.2 Å². The van der Waals surface area contributed by atoms with Crippen LogP contribution in [-0.2, 0) is 47.9 Å². The molecular formula is C35H46N4O6. The summed E-state index contributed by atoms with van der Waals surface area (Å²) in [5.74, 6) is -0.527. The van der Waals surface area contributed by atoms with Gasteiger partial charge in [-0.3, -0.25) is 19.2 Å². The molecule has 0 spiro atoms. The number of amides is 2. The van der Waals surface area contributed by atoms with Gasteiger partial charge in [0.05, 0.1) is 19.9 Å². The monoisotopic (exact) mass is 618 g/mol. The quantitative estimate of drug-likeness (QED) is 0.312. The number of carbonyl (C=O) groups is 4. The molecule has 3 N–H and O–H groups in total. The van der Waals surface area contributed by atoms with E-state index in [1.807, 2.05) is 39.8 Å². The summed E-state index contributed by atoms with van der Waals surface area (Å²) in [6, 6.07) is 0.00447. The van der Waals surface area contributed by atoms with Crippen LogP contribution in [0.25, 0.3) is 12.2 Å². The summed E-state index contributed by atoms with van der Waals surface area (Å²) in [4.78, 5) is 60.7. The van der Waals surface area contributed by atoms with Crippen LogP contribution in [0.15, 0.2) is 16.1 Å². The van der Waals surface area contributed by atoms with E-state index in [9.17, 15) is 19.2 Å². The molecule has 2 aromatic heterocycles.